The van der Waals surface area contributed by atoms with Gasteiger partial charge in [0.2, 0.25) is 0 Å². The molecule has 0 saturated heterocycles. The van der Waals surface area contributed by atoms with Gasteiger partial charge in [-0.25, -0.2) is 4.98 Å². The van der Waals surface area contributed by atoms with E-state index in [1.54, 1.807) is 0 Å². The first-order valence-electron chi connectivity index (χ1n) is 10.4. The molecule has 6 rings (SSSR count). The van der Waals surface area contributed by atoms with E-state index in [0.29, 0.717) is 5.02 Å². The Kier molecular flexibility index (Phi) is 4.26. The molecule has 0 aliphatic rings. The van der Waals surface area contributed by atoms with Crippen molar-refractivity contribution in [2.75, 3.05) is 0 Å². The Morgan fingerprint density at radius 1 is 0.645 bits per heavy atom. The Morgan fingerprint density at radius 2 is 1.32 bits per heavy atom. The summed E-state index contributed by atoms with van der Waals surface area (Å²) in [6.45, 7) is 0.741. The molecule has 148 valence electrons. The summed E-state index contributed by atoms with van der Waals surface area (Å²) in [5.74, 6) is 0.955. The summed E-state index contributed by atoms with van der Waals surface area (Å²) in [6, 6.07) is 36.0. The number of halogens is 1. The molecule has 0 amide bonds. The molecule has 0 atom stereocenters. The van der Waals surface area contributed by atoms with Gasteiger partial charge in [-0.3, -0.25) is 0 Å². The van der Waals surface area contributed by atoms with Crippen LogP contribution in [0.2, 0.25) is 5.02 Å². The van der Waals surface area contributed by atoms with Gasteiger partial charge in [-0.05, 0) is 57.4 Å². The lowest BCUT2D eigenvalue weighted by molar-refractivity contribution is 0.836. The molecule has 5 aromatic carbocycles. The van der Waals surface area contributed by atoms with Crippen LogP contribution in [0.5, 0.6) is 0 Å². The quantitative estimate of drug-likeness (QED) is 0.287. The highest BCUT2D eigenvalue weighted by molar-refractivity contribution is 6.31. The zero-order valence-corrected chi connectivity index (χ0v) is 17.6. The van der Waals surface area contributed by atoms with Crippen LogP contribution < -0.4 is 0 Å². The fraction of sp³-hybridized carbons (Fsp3) is 0.0357. The summed E-state index contributed by atoms with van der Waals surface area (Å²) in [5.41, 5.74) is 4.35. The van der Waals surface area contributed by atoms with Crippen LogP contribution in [0, 0.1) is 0 Å². The molecule has 0 spiro atoms. The van der Waals surface area contributed by atoms with E-state index in [-0.39, 0.29) is 0 Å². The molecule has 6 aromatic rings. The van der Waals surface area contributed by atoms with Crippen LogP contribution in [0.1, 0.15) is 5.56 Å². The zero-order chi connectivity index (χ0) is 20.8. The summed E-state index contributed by atoms with van der Waals surface area (Å²) in [5, 5.41) is 5.64. The minimum Gasteiger partial charge on any atom is -0.319 e. The number of nitrogens with zero attached hydrogens (tertiary/aromatic N) is 2. The molecule has 0 N–H and O–H groups in total. The fourth-order valence-electron chi connectivity index (χ4n) is 4.33. The third kappa shape index (κ3) is 3.26. The summed E-state index contributed by atoms with van der Waals surface area (Å²) < 4.78 is 2.29. The van der Waals surface area contributed by atoms with Crippen molar-refractivity contribution in [2.24, 2.45) is 0 Å². The first kappa shape index (κ1) is 18.2. The lowest BCUT2D eigenvalue weighted by Crippen LogP contribution is -2.02. The molecule has 0 saturated carbocycles. The molecule has 1 heterocycles. The van der Waals surface area contributed by atoms with Crippen molar-refractivity contribution in [2.45, 2.75) is 6.54 Å². The maximum absolute atomic E-state index is 6.28. The largest absolute Gasteiger partial charge is 0.319 e. The highest BCUT2D eigenvalue weighted by Gasteiger charge is 2.14. The monoisotopic (exact) mass is 418 g/mol. The van der Waals surface area contributed by atoms with Crippen LogP contribution in [0.4, 0.5) is 0 Å². The Bertz CT molecular complexity index is 1580. The molecule has 0 fully saturated rings. The summed E-state index contributed by atoms with van der Waals surface area (Å²) in [4.78, 5) is 4.99. The molecule has 0 unspecified atom stereocenters. The van der Waals surface area contributed by atoms with Gasteiger partial charge in [0, 0.05) is 17.1 Å². The van der Waals surface area contributed by atoms with Crippen molar-refractivity contribution < 1.29 is 0 Å². The van der Waals surface area contributed by atoms with E-state index in [4.69, 9.17) is 16.6 Å². The van der Waals surface area contributed by atoms with Gasteiger partial charge in [0.05, 0.1) is 11.0 Å². The van der Waals surface area contributed by atoms with Crippen LogP contribution in [-0.2, 0) is 6.54 Å². The number of hydrogen-bond acceptors (Lipinski definition) is 1. The molecule has 0 aliphatic carbocycles. The van der Waals surface area contributed by atoms with E-state index in [1.165, 1.54) is 27.1 Å². The normalized spacial score (nSPS) is 11.5. The first-order valence-corrected chi connectivity index (χ1v) is 10.7. The van der Waals surface area contributed by atoms with Gasteiger partial charge >= 0.3 is 0 Å². The summed E-state index contributed by atoms with van der Waals surface area (Å²) in [6.07, 6.45) is 0. The molecule has 2 nitrogen and oxygen atoms in total. The molecular formula is C28H19ClN2. The smallest absolute Gasteiger partial charge is 0.141 e. The third-order valence-electron chi connectivity index (χ3n) is 5.87. The topological polar surface area (TPSA) is 17.8 Å². The lowest BCUT2D eigenvalue weighted by atomic mass is 10.1. The van der Waals surface area contributed by atoms with Crippen LogP contribution in [0.3, 0.4) is 0 Å². The van der Waals surface area contributed by atoms with Crippen molar-refractivity contribution in [3.8, 4) is 11.4 Å². The van der Waals surface area contributed by atoms with Crippen molar-refractivity contribution in [3.63, 3.8) is 0 Å². The SMILES string of the molecule is Clc1ccc2c(c1)nc(-c1ccc3ccccc3c1)n2Cc1ccc2ccccc2c1. The van der Waals surface area contributed by atoms with Crippen molar-refractivity contribution in [1.82, 2.24) is 9.55 Å². The number of fused-ring (bicyclic) bond motifs is 3. The van der Waals surface area contributed by atoms with Crippen LogP contribution in [0.25, 0.3) is 44.0 Å². The second-order valence-electron chi connectivity index (χ2n) is 7.90. The minimum absolute atomic E-state index is 0.702. The molecular weight excluding hydrogens is 400 g/mol. The third-order valence-corrected chi connectivity index (χ3v) is 6.11. The van der Waals surface area contributed by atoms with Crippen LogP contribution >= 0.6 is 11.6 Å². The molecule has 3 heteroatoms. The van der Waals surface area contributed by atoms with Crippen molar-refractivity contribution in [3.05, 3.63) is 114 Å². The molecule has 0 aliphatic heterocycles. The number of hydrogen-bond donors (Lipinski definition) is 0. The van der Waals surface area contributed by atoms with Crippen LogP contribution in [-0.4, -0.2) is 9.55 Å². The Hall–Kier alpha value is -3.62. The zero-order valence-electron chi connectivity index (χ0n) is 16.8. The Labute approximate surface area is 185 Å². The molecule has 0 bridgehead atoms. The molecule has 0 radical (unpaired) electrons. The van der Waals surface area contributed by atoms with E-state index in [9.17, 15) is 0 Å². The predicted octanol–water partition coefficient (Wildman–Crippen LogP) is 7.71. The number of aromatic nitrogens is 2. The average Bonchev–Trinajstić information content (AvgIpc) is 3.16. The number of imidazole rings is 1. The highest BCUT2D eigenvalue weighted by atomic mass is 35.5. The van der Waals surface area contributed by atoms with E-state index < -0.39 is 0 Å². The maximum atomic E-state index is 6.28. The van der Waals surface area contributed by atoms with Gasteiger partial charge in [-0.2, -0.15) is 0 Å². The summed E-state index contributed by atoms with van der Waals surface area (Å²) >= 11 is 6.28. The van der Waals surface area contributed by atoms with Crippen LogP contribution in [0.15, 0.2) is 103 Å². The van der Waals surface area contributed by atoms with Gasteiger partial charge in [0.25, 0.3) is 0 Å². The fourth-order valence-corrected chi connectivity index (χ4v) is 4.50. The molecule has 1 aromatic heterocycles. The highest BCUT2D eigenvalue weighted by Crippen LogP contribution is 2.30. The van der Waals surface area contributed by atoms with Gasteiger partial charge in [0.1, 0.15) is 5.82 Å². The Morgan fingerprint density at radius 3 is 2.10 bits per heavy atom. The average molecular weight is 419 g/mol. The summed E-state index contributed by atoms with van der Waals surface area (Å²) in [7, 11) is 0. The van der Waals surface area contributed by atoms with E-state index in [1.807, 2.05) is 12.1 Å². The van der Waals surface area contributed by atoms with Gasteiger partial charge in [-0.15, -0.1) is 0 Å². The second-order valence-corrected chi connectivity index (χ2v) is 8.33. The van der Waals surface area contributed by atoms with Gasteiger partial charge < -0.3 is 4.57 Å². The standard InChI is InChI=1S/C28H19ClN2/c29-25-13-14-27-26(17-25)30-28(24-12-11-21-6-2-4-8-23(21)16-24)31(27)18-19-9-10-20-5-1-3-7-22(20)15-19/h1-17H,18H2. The Balaban J connectivity index is 1.54. The van der Waals surface area contributed by atoms with E-state index >= 15 is 0 Å². The molecule has 31 heavy (non-hydrogen) atoms. The predicted molar refractivity (Wildman–Crippen MR) is 131 cm³/mol. The maximum Gasteiger partial charge on any atom is 0.141 e. The van der Waals surface area contributed by atoms with E-state index in [0.717, 1.165) is 29.0 Å². The number of benzene rings is 5. The van der Waals surface area contributed by atoms with Crippen molar-refractivity contribution in [1.29, 1.82) is 0 Å². The van der Waals surface area contributed by atoms with Crippen molar-refractivity contribution >= 4 is 44.2 Å². The first-order chi connectivity index (χ1) is 15.2. The second kappa shape index (κ2) is 7.26. The lowest BCUT2D eigenvalue weighted by Gasteiger charge is -2.11. The number of rotatable bonds is 3. The van der Waals surface area contributed by atoms with Gasteiger partial charge in [0.15, 0.2) is 0 Å². The minimum atomic E-state index is 0.702. The van der Waals surface area contributed by atoms with E-state index in [2.05, 4.69) is 95.6 Å². The van der Waals surface area contributed by atoms with Gasteiger partial charge in [-0.1, -0.05) is 84.4 Å².